The molecule has 3 unspecified atom stereocenters. The van der Waals surface area contributed by atoms with Crippen LogP contribution < -0.4 is 10.1 Å². The number of ether oxygens (including phenoxy) is 1. The molecule has 0 spiro atoms. The number of carboxylic acids is 1. The van der Waals surface area contributed by atoms with Crippen molar-refractivity contribution in [3.8, 4) is 5.75 Å². The van der Waals surface area contributed by atoms with Gasteiger partial charge in [-0.3, -0.25) is 4.79 Å². The Hall–Kier alpha value is -2.04. The highest BCUT2D eigenvalue weighted by Crippen LogP contribution is 2.44. The first kappa shape index (κ1) is 15.8. The number of carboxylic acid groups (broad SMARTS) is 1. The van der Waals surface area contributed by atoms with E-state index in [9.17, 15) is 9.59 Å². The van der Waals surface area contributed by atoms with Crippen LogP contribution in [-0.4, -0.2) is 29.6 Å². The summed E-state index contributed by atoms with van der Waals surface area (Å²) in [5.41, 5.74) is 2.18. The minimum Gasteiger partial charge on any atom is -0.481 e. The lowest BCUT2D eigenvalue weighted by atomic mass is 9.95. The van der Waals surface area contributed by atoms with Crippen LogP contribution in [0.3, 0.4) is 0 Å². The SMILES string of the molecule is Cc1cc(C(=O)NC2CC3CCC2C3)cc(C)c1OCC(=O)O. The van der Waals surface area contributed by atoms with Gasteiger partial charge in [-0.05, 0) is 68.2 Å². The van der Waals surface area contributed by atoms with Crippen molar-refractivity contribution in [3.63, 3.8) is 0 Å². The number of rotatable bonds is 5. The van der Waals surface area contributed by atoms with Gasteiger partial charge < -0.3 is 15.2 Å². The summed E-state index contributed by atoms with van der Waals surface area (Å²) in [5, 5.41) is 11.9. The van der Waals surface area contributed by atoms with E-state index in [-0.39, 0.29) is 12.5 Å². The number of aryl methyl sites for hydroxylation is 2. The van der Waals surface area contributed by atoms with Gasteiger partial charge in [0.05, 0.1) is 0 Å². The fraction of sp³-hybridized carbons (Fsp3) is 0.556. The molecule has 1 aromatic carbocycles. The monoisotopic (exact) mass is 317 g/mol. The van der Waals surface area contributed by atoms with Crippen molar-refractivity contribution < 1.29 is 19.4 Å². The quantitative estimate of drug-likeness (QED) is 0.875. The summed E-state index contributed by atoms with van der Waals surface area (Å²) < 4.78 is 5.31. The minimum atomic E-state index is -1.01. The first-order valence-electron chi connectivity index (χ1n) is 8.20. The highest BCUT2D eigenvalue weighted by Gasteiger charge is 2.40. The van der Waals surface area contributed by atoms with E-state index in [0.717, 1.165) is 23.5 Å². The molecule has 3 rings (SSSR count). The van der Waals surface area contributed by atoms with E-state index in [4.69, 9.17) is 9.84 Å². The molecule has 2 saturated carbocycles. The van der Waals surface area contributed by atoms with Gasteiger partial charge in [0, 0.05) is 11.6 Å². The Morgan fingerprint density at radius 3 is 2.43 bits per heavy atom. The maximum atomic E-state index is 12.5. The fourth-order valence-corrected chi connectivity index (χ4v) is 4.12. The molecule has 1 amide bonds. The summed E-state index contributed by atoms with van der Waals surface area (Å²) in [6, 6.07) is 3.85. The Morgan fingerprint density at radius 1 is 1.22 bits per heavy atom. The number of hydrogen-bond acceptors (Lipinski definition) is 3. The molecule has 0 aromatic heterocycles. The second-order valence-corrected chi connectivity index (χ2v) is 6.88. The molecule has 0 radical (unpaired) electrons. The summed E-state index contributed by atoms with van der Waals surface area (Å²) in [7, 11) is 0. The molecule has 2 fully saturated rings. The molecule has 2 aliphatic carbocycles. The Morgan fingerprint density at radius 2 is 1.91 bits per heavy atom. The molecule has 2 N–H and O–H groups in total. The number of aliphatic carboxylic acids is 1. The number of hydrogen-bond donors (Lipinski definition) is 2. The Balaban J connectivity index is 1.70. The third-order valence-corrected chi connectivity index (χ3v) is 5.12. The third-order valence-electron chi connectivity index (χ3n) is 5.12. The van der Waals surface area contributed by atoms with E-state index in [2.05, 4.69) is 5.32 Å². The van der Waals surface area contributed by atoms with Crippen LogP contribution in [0.5, 0.6) is 5.75 Å². The van der Waals surface area contributed by atoms with Crippen LogP contribution in [0.4, 0.5) is 0 Å². The Labute approximate surface area is 136 Å². The van der Waals surface area contributed by atoms with E-state index in [0.29, 0.717) is 23.3 Å². The largest absolute Gasteiger partial charge is 0.481 e. The van der Waals surface area contributed by atoms with Gasteiger partial charge in [0.1, 0.15) is 5.75 Å². The standard InChI is InChI=1S/C18H23NO4/c1-10-5-14(6-11(2)17(10)23-9-16(20)21)18(22)19-15-8-12-3-4-13(15)7-12/h5-6,12-13,15H,3-4,7-9H2,1-2H3,(H,19,22)(H,20,21). The van der Waals surface area contributed by atoms with E-state index in [1.165, 1.54) is 19.3 Å². The molecule has 0 saturated heterocycles. The van der Waals surface area contributed by atoms with Gasteiger partial charge in [-0.25, -0.2) is 4.79 Å². The van der Waals surface area contributed by atoms with Crippen LogP contribution >= 0.6 is 0 Å². The van der Waals surface area contributed by atoms with Crippen molar-refractivity contribution in [1.29, 1.82) is 0 Å². The van der Waals surface area contributed by atoms with Crippen LogP contribution in [0.1, 0.15) is 47.2 Å². The van der Waals surface area contributed by atoms with Gasteiger partial charge in [0.15, 0.2) is 6.61 Å². The second kappa shape index (κ2) is 6.22. The smallest absolute Gasteiger partial charge is 0.341 e. The predicted molar refractivity (Wildman–Crippen MR) is 85.7 cm³/mol. The number of carbonyl (C=O) groups is 2. The zero-order valence-corrected chi connectivity index (χ0v) is 13.6. The first-order chi connectivity index (χ1) is 10.9. The van der Waals surface area contributed by atoms with Crippen LogP contribution in [0.2, 0.25) is 0 Å². The minimum absolute atomic E-state index is 0.0430. The van der Waals surface area contributed by atoms with Crippen LogP contribution in [0.25, 0.3) is 0 Å². The summed E-state index contributed by atoms with van der Waals surface area (Å²) in [5.74, 6) is 0.925. The summed E-state index contributed by atoms with van der Waals surface area (Å²) in [4.78, 5) is 23.2. The van der Waals surface area contributed by atoms with Crippen molar-refractivity contribution in [3.05, 3.63) is 28.8 Å². The van der Waals surface area contributed by atoms with Crippen LogP contribution in [0.15, 0.2) is 12.1 Å². The zero-order chi connectivity index (χ0) is 16.6. The maximum Gasteiger partial charge on any atom is 0.341 e. The Kier molecular flexibility index (Phi) is 4.28. The molecule has 23 heavy (non-hydrogen) atoms. The highest BCUT2D eigenvalue weighted by atomic mass is 16.5. The van der Waals surface area contributed by atoms with E-state index in [1.807, 2.05) is 13.8 Å². The van der Waals surface area contributed by atoms with Gasteiger partial charge >= 0.3 is 5.97 Å². The lowest BCUT2D eigenvalue weighted by Gasteiger charge is -2.23. The molecule has 3 atom stereocenters. The molecule has 124 valence electrons. The van der Waals surface area contributed by atoms with Crippen molar-refractivity contribution >= 4 is 11.9 Å². The van der Waals surface area contributed by atoms with Gasteiger partial charge in [-0.2, -0.15) is 0 Å². The van der Waals surface area contributed by atoms with Crippen molar-refractivity contribution in [2.24, 2.45) is 11.8 Å². The van der Waals surface area contributed by atoms with E-state index >= 15 is 0 Å². The van der Waals surface area contributed by atoms with Crippen molar-refractivity contribution in [2.75, 3.05) is 6.61 Å². The average Bonchev–Trinajstić information content (AvgIpc) is 3.08. The second-order valence-electron chi connectivity index (χ2n) is 6.88. The van der Waals surface area contributed by atoms with E-state index < -0.39 is 5.97 Å². The van der Waals surface area contributed by atoms with Crippen molar-refractivity contribution in [2.45, 2.75) is 45.6 Å². The normalized spacial score (nSPS) is 25.4. The number of amides is 1. The molecular formula is C18H23NO4. The molecule has 5 nitrogen and oxygen atoms in total. The number of benzene rings is 1. The van der Waals surface area contributed by atoms with Crippen LogP contribution in [0, 0.1) is 25.7 Å². The molecule has 5 heteroatoms. The van der Waals surface area contributed by atoms with Gasteiger partial charge in [-0.15, -0.1) is 0 Å². The first-order valence-corrected chi connectivity index (χ1v) is 8.20. The maximum absolute atomic E-state index is 12.5. The number of fused-ring (bicyclic) bond motifs is 2. The molecule has 2 bridgehead atoms. The van der Waals surface area contributed by atoms with Crippen molar-refractivity contribution in [1.82, 2.24) is 5.32 Å². The van der Waals surface area contributed by atoms with Gasteiger partial charge in [0.2, 0.25) is 0 Å². The molecule has 2 aliphatic rings. The summed E-state index contributed by atoms with van der Waals surface area (Å²) >= 11 is 0. The number of carbonyl (C=O) groups excluding carboxylic acids is 1. The zero-order valence-electron chi connectivity index (χ0n) is 13.6. The molecule has 1 aromatic rings. The average molecular weight is 317 g/mol. The molecule has 0 aliphatic heterocycles. The van der Waals surface area contributed by atoms with Crippen LogP contribution in [-0.2, 0) is 4.79 Å². The summed E-state index contributed by atoms with van der Waals surface area (Å²) in [6.45, 7) is 3.29. The predicted octanol–water partition coefficient (Wildman–Crippen LogP) is 2.69. The van der Waals surface area contributed by atoms with Gasteiger partial charge in [-0.1, -0.05) is 6.42 Å². The highest BCUT2D eigenvalue weighted by molar-refractivity contribution is 5.95. The fourth-order valence-electron chi connectivity index (χ4n) is 4.12. The summed E-state index contributed by atoms with van der Waals surface area (Å²) in [6.07, 6.45) is 4.90. The Bertz CT molecular complexity index is 617. The van der Waals surface area contributed by atoms with E-state index in [1.54, 1.807) is 12.1 Å². The lowest BCUT2D eigenvalue weighted by Crippen LogP contribution is -2.38. The van der Waals surface area contributed by atoms with Gasteiger partial charge in [0.25, 0.3) is 5.91 Å². The topological polar surface area (TPSA) is 75.6 Å². The lowest BCUT2D eigenvalue weighted by molar-refractivity contribution is -0.139. The third kappa shape index (κ3) is 3.33. The number of nitrogens with one attached hydrogen (secondary N) is 1. The molecular weight excluding hydrogens is 294 g/mol. The molecule has 0 heterocycles.